The van der Waals surface area contributed by atoms with Crippen LogP contribution >= 0.6 is 0 Å². The molecule has 1 aromatic rings. The molecule has 0 radical (unpaired) electrons. The molecule has 6 heteroatoms. The summed E-state index contributed by atoms with van der Waals surface area (Å²) >= 11 is 0. The van der Waals surface area contributed by atoms with Crippen LogP contribution in [-0.4, -0.2) is 37.0 Å². The number of nitrogens with zero attached hydrogens (tertiary/aromatic N) is 2. The minimum absolute atomic E-state index is 0.131. The number of hydrogen-bond donors (Lipinski definition) is 0. The Bertz CT molecular complexity index is 526. The van der Waals surface area contributed by atoms with Crippen molar-refractivity contribution in [2.24, 2.45) is 0 Å². The summed E-state index contributed by atoms with van der Waals surface area (Å²) in [4.78, 5) is 12.6. The van der Waals surface area contributed by atoms with Gasteiger partial charge < -0.3 is 14.4 Å². The standard InChI is InChI=1S/C14H18N2O4/c1-11-9-12(16(17)18)3-4-13(11)15-6-2-5-14(10-15)19-7-8-20-14/h3-4,9H,2,5-8,10H2,1H3. The Hall–Kier alpha value is -1.66. The normalized spacial score (nSPS) is 21.4. The lowest BCUT2D eigenvalue weighted by atomic mass is 10.0. The van der Waals surface area contributed by atoms with Gasteiger partial charge in [0.25, 0.3) is 5.69 Å². The van der Waals surface area contributed by atoms with Crippen LogP contribution in [0.5, 0.6) is 0 Å². The van der Waals surface area contributed by atoms with Crippen LogP contribution in [0.2, 0.25) is 0 Å². The lowest BCUT2D eigenvalue weighted by Crippen LogP contribution is -2.49. The summed E-state index contributed by atoms with van der Waals surface area (Å²) in [6.45, 7) is 4.80. The monoisotopic (exact) mass is 278 g/mol. The Morgan fingerprint density at radius 1 is 1.35 bits per heavy atom. The van der Waals surface area contributed by atoms with Crippen LogP contribution in [-0.2, 0) is 9.47 Å². The number of anilines is 1. The van der Waals surface area contributed by atoms with Gasteiger partial charge in [0, 0.05) is 30.8 Å². The first-order valence-electron chi connectivity index (χ1n) is 6.88. The van der Waals surface area contributed by atoms with Crippen molar-refractivity contribution in [3.05, 3.63) is 33.9 Å². The van der Waals surface area contributed by atoms with E-state index in [2.05, 4.69) is 4.90 Å². The Kier molecular flexibility index (Phi) is 3.35. The average molecular weight is 278 g/mol. The molecule has 2 fully saturated rings. The molecule has 6 nitrogen and oxygen atoms in total. The molecule has 0 amide bonds. The molecule has 108 valence electrons. The van der Waals surface area contributed by atoms with E-state index < -0.39 is 5.79 Å². The second-order valence-corrected chi connectivity index (χ2v) is 5.36. The highest BCUT2D eigenvalue weighted by atomic mass is 16.7. The largest absolute Gasteiger partial charge is 0.366 e. The smallest absolute Gasteiger partial charge is 0.269 e. The zero-order valence-electron chi connectivity index (χ0n) is 11.5. The molecule has 0 aromatic heterocycles. The maximum Gasteiger partial charge on any atom is 0.269 e. The highest BCUT2D eigenvalue weighted by Gasteiger charge is 2.41. The van der Waals surface area contributed by atoms with Crippen molar-refractivity contribution < 1.29 is 14.4 Å². The van der Waals surface area contributed by atoms with E-state index in [9.17, 15) is 10.1 Å². The highest BCUT2D eigenvalue weighted by molar-refractivity contribution is 5.57. The van der Waals surface area contributed by atoms with E-state index in [0.717, 1.165) is 30.6 Å². The summed E-state index contributed by atoms with van der Waals surface area (Å²) in [7, 11) is 0. The fraction of sp³-hybridized carbons (Fsp3) is 0.571. The van der Waals surface area contributed by atoms with Crippen LogP contribution in [0, 0.1) is 17.0 Å². The molecule has 1 aromatic carbocycles. The molecule has 2 saturated heterocycles. The van der Waals surface area contributed by atoms with Gasteiger partial charge in [-0.15, -0.1) is 0 Å². The SMILES string of the molecule is Cc1cc([N+](=O)[O-])ccc1N1CCCC2(C1)OCCO2. The van der Waals surface area contributed by atoms with E-state index in [4.69, 9.17) is 9.47 Å². The summed E-state index contributed by atoms with van der Waals surface area (Å²) in [6, 6.07) is 4.99. The Balaban J connectivity index is 1.83. The van der Waals surface area contributed by atoms with Crippen LogP contribution < -0.4 is 4.90 Å². The molecule has 0 aliphatic carbocycles. The fourth-order valence-electron chi connectivity index (χ4n) is 3.03. The topological polar surface area (TPSA) is 64.8 Å². The van der Waals surface area contributed by atoms with E-state index in [1.54, 1.807) is 12.1 Å². The molecule has 0 saturated carbocycles. The molecule has 0 unspecified atom stereocenters. The lowest BCUT2D eigenvalue weighted by molar-refractivity contribution is -0.384. The number of piperidine rings is 1. The quantitative estimate of drug-likeness (QED) is 0.613. The van der Waals surface area contributed by atoms with E-state index in [1.807, 2.05) is 13.0 Å². The van der Waals surface area contributed by atoms with Crippen molar-refractivity contribution in [1.82, 2.24) is 0 Å². The van der Waals surface area contributed by atoms with Gasteiger partial charge >= 0.3 is 0 Å². The van der Waals surface area contributed by atoms with Crippen LogP contribution in [0.4, 0.5) is 11.4 Å². The van der Waals surface area contributed by atoms with Gasteiger partial charge in [-0.3, -0.25) is 10.1 Å². The second kappa shape index (κ2) is 5.03. The molecular weight excluding hydrogens is 260 g/mol. The second-order valence-electron chi connectivity index (χ2n) is 5.36. The number of benzene rings is 1. The summed E-state index contributed by atoms with van der Waals surface area (Å²) < 4.78 is 11.5. The number of rotatable bonds is 2. The molecular formula is C14H18N2O4. The van der Waals surface area contributed by atoms with E-state index in [1.165, 1.54) is 0 Å². The molecule has 0 atom stereocenters. The minimum Gasteiger partial charge on any atom is -0.366 e. The number of hydrogen-bond acceptors (Lipinski definition) is 5. The van der Waals surface area contributed by atoms with Crippen LogP contribution in [0.1, 0.15) is 18.4 Å². The summed E-state index contributed by atoms with van der Waals surface area (Å²) in [6.07, 6.45) is 1.91. The molecule has 2 aliphatic rings. The summed E-state index contributed by atoms with van der Waals surface area (Å²) in [5.41, 5.74) is 2.06. The molecule has 3 rings (SSSR count). The van der Waals surface area contributed by atoms with Crippen molar-refractivity contribution in [3.8, 4) is 0 Å². The molecule has 1 spiro atoms. The predicted molar refractivity (Wildman–Crippen MR) is 73.9 cm³/mol. The third-order valence-electron chi connectivity index (χ3n) is 3.96. The minimum atomic E-state index is -0.480. The lowest BCUT2D eigenvalue weighted by Gasteiger charge is -2.40. The zero-order chi connectivity index (χ0) is 14.2. The van der Waals surface area contributed by atoms with Crippen LogP contribution in [0.25, 0.3) is 0 Å². The average Bonchev–Trinajstić information content (AvgIpc) is 2.86. The first-order valence-corrected chi connectivity index (χ1v) is 6.88. The molecule has 0 bridgehead atoms. The fourth-order valence-corrected chi connectivity index (χ4v) is 3.03. The molecule has 2 heterocycles. The van der Waals surface area contributed by atoms with Gasteiger partial charge in [-0.2, -0.15) is 0 Å². The Labute approximate surface area is 117 Å². The van der Waals surface area contributed by atoms with Gasteiger partial charge in [0.05, 0.1) is 24.7 Å². The van der Waals surface area contributed by atoms with Gasteiger partial charge in [-0.05, 0) is 25.0 Å². The Morgan fingerprint density at radius 3 is 2.75 bits per heavy atom. The molecule has 0 N–H and O–H groups in total. The van der Waals surface area contributed by atoms with Crippen molar-refractivity contribution in [1.29, 1.82) is 0 Å². The Morgan fingerprint density at radius 2 is 2.10 bits per heavy atom. The van der Waals surface area contributed by atoms with Crippen molar-refractivity contribution in [2.45, 2.75) is 25.6 Å². The number of nitro benzene ring substituents is 1. The zero-order valence-corrected chi connectivity index (χ0v) is 11.5. The number of aryl methyl sites for hydroxylation is 1. The maximum absolute atomic E-state index is 10.8. The van der Waals surface area contributed by atoms with Crippen molar-refractivity contribution in [3.63, 3.8) is 0 Å². The summed E-state index contributed by atoms with van der Waals surface area (Å²) in [5.74, 6) is -0.480. The predicted octanol–water partition coefficient (Wildman–Crippen LogP) is 2.25. The number of non-ortho nitro benzene ring substituents is 1. The van der Waals surface area contributed by atoms with Gasteiger partial charge in [-0.1, -0.05) is 0 Å². The van der Waals surface area contributed by atoms with Crippen LogP contribution in [0.3, 0.4) is 0 Å². The number of ether oxygens (including phenoxy) is 2. The van der Waals surface area contributed by atoms with Crippen molar-refractivity contribution in [2.75, 3.05) is 31.2 Å². The van der Waals surface area contributed by atoms with E-state index >= 15 is 0 Å². The van der Waals surface area contributed by atoms with Crippen molar-refractivity contribution >= 4 is 11.4 Å². The molecule has 20 heavy (non-hydrogen) atoms. The van der Waals surface area contributed by atoms with Gasteiger partial charge in [0.15, 0.2) is 5.79 Å². The first kappa shape index (κ1) is 13.3. The molecule has 2 aliphatic heterocycles. The van der Waals surface area contributed by atoms with Gasteiger partial charge in [-0.25, -0.2) is 0 Å². The first-order chi connectivity index (χ1) is 9.60. The number of nitro groups is 1. The van der Waals surface area contributed by atoms with E-state index in [-0.39, 0.29) is 10.6 Å². The van der Waals surface area contributed by atoms with Crippen LogP contribution in [0.15, 0.2) is 18.2 Å². The third-order valence-corrected chi connectivity index (χ3v) is 3.96. The van der Waals surface area contributed by atoms with Gasteiger partial charge in [0.2, 0.25) is 0 Å². The summed E-state index contributed by atoms with van der Waals surface area (Å²) in [5, 5.41) is 10.8. The maximum atomic E-state index is 10.8. The van der Waals surface area contributed by atoms with E-state index in [0.29, 0.717) is 19.8 Å². The van der Waals surface area contributed by atoms with Gasteiger partial charge in [0.1, 0.15) is 0 Å². The highest BCUT2D eigenvalue weighted by Crippen LogP contribution is 2.34. The third kappa shape index (κ3) is 2.36.